The molecule has 1 aliphatic heterocycles. The molecule has 0 radical (unpaired) electrons. The van der Waals surface area contributed by atoms with Gasteiger partial charge in [-0.3, -0.25) is 18.9 Å². The molecule has 0 amide bonds. The van der Waals surface area contributed by atoms with Crippen molar-refractivity contribution >= 4 is 21.6 Å². The van der Waals surface area contributed by atoms with Gasteiger partial charge in [-0.2, -0.15) is 8.42 Å². The molecule has 1 aromatic carbocycles. The van der Waals surface area contributed by atoms with Gasteiger partial charge in [0.25, 0.3) is 15.7 Å². The molecule has 0 saturated heterocycles. The average molecular weight is 349 g/mol. The summed E-state index contributed by atoms with van der Waals surface area (Å²) in [5, 5.41) is 0. The molecule has 2 aromatic rings. The van der Waals surface area contributed by atoms with Crippen molar-refractivity contribution in [2.75, 3.05) is 0 Å². The van der Waals surface area contributed by atoms with Gasteiger partial charge in [0, 0.05) is 13.0 Å². The summed E-state index contributed by atoms with van der Waals surface area (Å²) in [4.78, 5) is 31.0. The van der Waals surface area contributed by atoms with Gasteiger partial charge in [-0.15, -0.1) is 0 Å². The van der Waals surface area contributed by atoms with Crippen LogP contribution in [0, 0.1) is 0 Å². The lowest BCUT2D eigenvalue weighted by Gasteiger charge is -2.04. The number of nitrogens with zero attached hydrogens (tertiary/aromatic N) is 2. The standard InChI is InChI=1S/C15H15N3O5S/c1-2-7-18-14(19)11-8-12(16-13(11)17-15(18)20)9-3-5-10(6-4-9)24(21,22)23/h3-6H,2,7-8H2,1H3,(H,17,20)(H,21,22,23). The normalized spacial score (nSPS) is 13.7. The van der Waals surface area contributed by atoms with Gasteiger partial charge in [-0.1, -0.05) is 19.1 Å². The summed E-state index contributed by atoms with van der Waals surface area (Å²) in [6.45, 7) is 2.21. The van der Waals surface area contributed by atoms with Gasteiger partial charge in [0.1, 0.15) is 5.82 Å². The van der Waals surface area contributed by atoms with Gasteiger partial charge < -0.3 is 0 Å². The van der Waals surface area contributed by atoms with Crippen LogP contribution in [0.2, 0.25) is 0 Å². The number of nitrogens with one attached hydrogen (secondary N) is 1. The van der Waals surface area contributed by atoms with Crippen molar-refractivity contribution < 1.29 is 13.0 Å². The maximum atomic E-state index is 12.4. The van der Waals surface area contributed by atoms with Crippen LogP contribution in [0.4, 0.5) is 5.82 Å². The third kappa shape index (κ3) is 2.83. The molecule has 0 atom stereocenters. The first kappa shape index (κ1) is 16.3. The second kappa shape index (κ2) is 5.84. The van der Waals surface area contributed by atoms with Gasteiger partial charge in [-0.25, -0.2) is 9.79 Å². The van der Waals surface area contributed by atoms with Crippen LogP contribution >= 0.6 is 0 Å². The molecule has 1 aliphatic rings. The summed E-state index contributed by atoms with van der Waals surface area (Å²) in [6, 6.07) is 5.51. The molecule has 24 heavy (non-hydrogen) atoms. The Morgan fingerprint density at radius 3 is 2.50 bits per heavy atom. The molecule has 0 unspecified atom stereocenters. The van der Waals surface area contributed by atoms with E-state index in [1.807, 2.05) is 6.92 Å². The van der Waals surface area contributed by atoms with Gasteiger partial charge in [0.05, 0.1) is 16.2 Å². The topological polar surface area (TPSA) is 122 Å². The minimum atomic E-state index is -4.26. The highest BCUT2D eigenvalue weighted by atomic mass is 32.2. The largest absolute Gasteiger partial charge is 0.329 e. The van der Waals surface area contributed by atoms with Crippen LogP contribution in [0.15, 0.2) is 43.7 Å². The molecule has 0 bridgehead atoms. The average Bonchev–Trinajstić information content (AvgIpc) is 2.95. The van der Waals surface area contributed by atoms with E-state index < -0.39 is 15.8 Å². The number of aromatic nitrogens is 2. The smallest absolute Gasteiger partial charge is 0.291 e. The number of aromatic amines is 1. The lowest BCUT2D eigenvalue weighted by molar-refractivity contribution is 0.483. The van der Waals surface area contributed by atoms with Crippen molar-refractivity contribution in [2.45, 2.75) is 31.2 Å². The Hall–Kier alpha value is -2.52. The van der Waals surface area contributed by atoms with Crippen molar-refractivity contribution in [1.29, 1.82) is 0 Å². The SMILES string of the molecule is CCCn1c(=O)[nH]c2c(c1=O)CC(c1ccc(S(=O)(=O)O)cc1)=N2. The minimum Gasteiger partial charge on any atom is -0.291 e. The maximum absolute atomic E-state index is 12.4. The van der Waals surface area contributed by atoms with Crippen molar-refractivity contribution in [3.8, 4) is 0 Å². The van der Waals surface area contributed by atoms with Gasteiger partial charge in [0.15, 0.2) is 0 Å². The number of hydrogen-bond donors (Lipinski definition) is 2. The lowest BCUT2D eigenvalue weighted by Crippen LogP contribution is -2.36. The molecule has 2 heterocycles. The zero-order valence-electron chi connectivity index (χ0n) is 12.8. The minimum absolute atomic E-state index is 0.221. The van der Waals surface area contributed by atoms with E-state index in [2.05, 4.69) is 9.98 Å². The first-order valence-electron chi connectivity index (χ1n) is 7.32. The van der Waals surface area contributed by atoms with E-state index in [1.165, 1.54) is 24.3 Å². The third-order valence-corrected chi connectivity index (χ3v) is 4.65. The first-order valence-corrected chi connectivity index (χ1v) is 8.76. The van der Waals surface area contributed by atoms with Gasteiger partial charge in [0.2, 0.25) is 0 Å². The van der Waals surface area contributed by atoms with Crippen molar-refractivity contribution in [1.82, 2.24) is 9.55 Å². The quantitative estimate of drug-likeness (QED) is 0.793. The van der Waals surface area contributed by atoms with Crippen LogP contribution in [0.3, 0.4) is 0 Å². The third-order valence-electron chi connectivity index (χ3n) is 3.78. The van der Waals surface area contributed by atoms with E-state index in [0.29, 0.717) is 29.8 Å². The van der Waals surface area contributed by atoms with Crippen LogP contribution in [-0.4, -0.2) is 28.2 Å². The Kier molecular flexibility index (Phi) is 3.98. The summed E-state index contributed by atoms with van der Waals surface area (Å²) < 4.78 is 32.3. The Morgan fingerprint density at radius 2 is 1.92 bits per heavy atom. The molecule has 126 valence electrons. The summed E-state index contributed by atoms with van der Waals surface area (Å²) in [5.41, 5.74) is 0.725. The molecule has 2 N–H and O–H groups in total. The van der Waals surface area contributed by atoms with Crippen LogP contribution in [0.1, 0.15) is 24.5 Å². The maximum Gasteiger partial charge on any atom is 0.329 e. The number of rotatable bonds is 4. The number of aliphatic imine (C=N–C) groups is 1. The summed E-state index contributed by atoms with van der Waals surface area (Å²) >= 11 is 0. The number of H-pyrrole nitrogens is 1. The number of fused-ring (bicyclic) bond motifs is 1. The highest BCUT2D eigenvalue weighted by Gasteiger charge is 2.22. The summed E-state index contributed by atoms with van der Waals surface area (Å²) in [7, 11) is -4.26. The van der Waals surface area contributed by atoms with Crippen molar-refractivity contribution in [3.05, 3.63) is 56.2 Å². The summed E-state index contributed by atoms with van der Waals surface area (Å²) in [5.74, 6) is 0.242. The second-order valence-electron chi connectivity index (χ2n) is 5.45. The fraction of sp³-hybridized carbons (Fsp3) is 0.267. The molecule has 0 fully saturated rings. The lowest BCUT2D eigenvalue weighted by atomic mass is 10.1. The predicted octanol–water partition coefficient (Wildman–Crippen LogP) is 0.870. The Labute approximate surface area is 137 Å². The van der Waals surface area contributed by atoms with Crippen molar-refractivity contribution in [2.24, 2.45) is 4.99 Å². The highest BCUT2D eigenvalue weighted by Crippen LogP contribution is 2.23. The van der Waals surface area contributed by atoms with Gasteiger partial charge in [-0.05, 0) is 24.1 Å². The molecule has 8 nitrogen and oxygen atoms in total. The monoisotopic (exact) mass is 349 g/mol. The first-order chi connectivity index (χ1) is 11.3. The second-order valence-corrected chi connectivity index (χ2v) is 6.87. The molecular formula is C15H15N3O5S. The Morgan fingerprint density at radius 1 is 1.25 bits per heavy atom. The zero-order valence-corrected chi connectivity index (χ0v) is 13.6. The van der Waals surface area contributed by atoms with Crippen molar-refractivity contribution in [3.63, 3.8) is 0 Å². The molecule has 0 spiro atoms. The van der Waals surface area contributed by atoms with E-state index in [-0.39, 0.29) is 22.7 Å². The van der Waals surface area contributed by atoms with E-state index in [1.54, 1.807) is 0 Å². The zero-order chi connectivity index (χ0) is 17.5. The van der Waals surface area contributed by atoms with Gasteiger partial charge >= 0.3 is 5.69 Å². The van der Waals surface area contributed by atoms with Crippen LogP contribution in [-0.2, 0) is 23.1 Å². The Balaban J connectivity index is 1.99. The Bertz CT molecular complexity index is 1050. The predicted molar refractivity (Wildman–Crippen MR) is 87.8 cm³/mol. The molecule has 3 rings (SSSR count). The molecule has 0 aliphatic carbocycles. The fourth-order valence-electron chi connectivity index (χ4n) is 2.61. The molecular weight excluding hydrogens is 334 g/mol. The molecule has 0 saturated carbocycles. The van der Waals surface area contributed by atoms with E-state index in [4.69, 9.17) is 4.55 Å². The number of hydrogen-bond acceptors (Lipinski definition) is 5. The molecule has 9 heteroatoms. The number of benzene rings is 1. The van der Waals surface area contributed by atoms with Crippen LogP contribution in [0.25, 0.3) is 0 Å². The van der Waals surface area contributed by atoms with E-state index in [0.717, 1.165) is 4.57 Å². The summed E-state index contributed by atoms with van der Waals surface area (Å²) in [6.07, 6.45) is 0.909. The van der Waals surface area contributed by atoms with Crippen LogP contribution < -0.4 is 11.2 Å². The van der Waals surface area contributed by atoms with E-state index in [9.17, 15) is 18.0 Å². The molecule has 1 aromatic heterocycles. The fourth-order valence-corrected chi connectivity index (χ4v) is 3.09. The van der Waals surface area contributed by atoms with E-state index >= 15 is 0 Å². The van der Waals surface area contributed by atoms with Crippen LogP contribution in [0.5, 0.6) is 0 Å². The highest BCUT2D eigenvalue weighted by molar-refractivity contribution is 7.85.